The summed E-state index contributed by atoms with van der Waals surface area (Å²) in [6.07, 6.45) is 15.3. The zero-order valence-corrected chi connectivity index (χ0v) is 31.7. The second-order valence-corrected chi connectivity index (χ2v) is 18.7. The first kappa shape index (κ1) is 33.3. The second-order valence-electron chi connectivity index (χ2n) is 18.7. The van der Waals surface area contributed by atoms with Crippen molar-refractivity contribution >= 4 is 17.1 Å². The van der Waals surface area contributed by atoms with Crippen molar-refractivity contribution < 1.29 is 14.2 Å². The number of hydrogen-bond acceptors (Lipinski definition) is 6. The molecule has 0 spiro atoms. The van der Waals surface area contributed by atoms with Gasteiger partial charge in [-0.05, 0) is 205 Å². The van der Waals surface area contributed by atoms with Gasteiger partial charge in [0.05, 0.1) is 0 Å². The summed E-state index contributed by atoms with van der Waals surface area (Å²) in [6, 6.07) is 20.5. The van der Waals surface area contributed by atoms with Gasteiger partial charge in [0.25, 0.3) is 0 Å². The summed E-state index contributed by atoms with van der Waals surface area (Å²) in [4.78, 5) is 0. The second kappa shape index (κ2) is 12.1. The van der Waals surface area contributed by atoms with Crippen LogP contribution in [0.15, 0.2) is 60.7 Å². The average molecular weight is 710 g/mol. The molecule has 6 heteroatoms. The molecule has 0 aromatic heterocycles. The van der Waals surface area contributed by atoms with E-state index in [1.165, 1.54) is 88.2 Å². The number of nitrogens with two attached hydrogens (primary N) is 3. The normalized spacial score (nSPS) is 31.9. The van der Waals surface area contributed by atoms with E-state index in [1.54, 1.807) is 0 Å². The zero-order chi connectivity index (χ0) is 36.2. The van der Waals surface area contributed by atoms with E-state index in [9.17, 15) is 0 Å². The third kappa shape index (κ3) is 5.65. The number of hydrogen-bond donors (Lipinski definition) is 3. The molecule has 4 aromatic rings. The Bertz CT molecular complexity index is 1930. The van der Waals surface area contributed by atoms with Crippen molar-refractivity contribution in [2.45, 2.75) is 109 Å². The Balaban J connectivity index is 1.26. The van der Waals surface area contributed by atoms with Crippen molar-refractivity contribution in [1.29, 1.82) is 0 Å². The number of anilines is 3. The van der Waals surface area contributed by atoms with Crippen molar-refractivity contribution in [2.24, 2.45) is 35.5 Å². The fraction of sp³-hybridized carbons (Fsp3) is 0.489. The van der Waals surface area contributed by atoms with Crippen LogP contribution in [0.1, 0.15) is 105 Å². The van der Waals surface area contributed by atoms with Gasteiger partial charge in [-0.25, -0.2) is 0 Å². The van der Waals surface area contributed by atoms with Gasteiger partial charge in [-0.2, -0.15) is 0 Å². The van der Waals surface area contributed by atoms with Crippen LogP contribution in [0.4, 0.5) is 17.1 Å². The van der Waals surface area contributed by atoms with Gasteiger partial charge in [-0.15, -0.1) is 0 Å². The van der Waals surface area contributed by atoms with Gasteiger partial charge in [-0.3, -0.25) is 0 Å². The summed E-state index contributed by atoms with van der Waals surface area (Å²) in [7, 11) is 0. The van der Waals surface area contributed by atoms with Crippen molar-refractivity contribution in [3.8, 4) is 34.5 Å². The molecule has 0 radical (unpaired) electrons. The van der Waals surface area contributed by atoms with Gasteiger partial charge in [-0.1, -0.05) is 0 Å². The number of rotatable bonds is 8. The zero-order valence-electron chi connectivity index (χ0n) is 31.7. The molecule has 6 N–H and O–H groups in total. The monoisotopic (exact) mass is 709 g/mol. The Morgan fingerprint density at radius 1 is 0.434 bits per heavy atom. The van der Waals surface area contributed by atoms with Crippen molar-refractivity contribution in [3.05, 3.63) is 88.5 Å². The SMILES string of the molecule is Cc1cc(Oc2cc(Oc3ccc(N)c(C)c3)c(C34CC5CC(CC(C5)C3)C4)c(Oc3ccc(N)c(C)c3)c2C23CC4CC(CC(C4)C2)C3)ccc1N. The minimum Gasteiger partial charge on any atom is -0.457 e. The Morgan fingerprint density at radius 2 is 0.736 bits per heavy atom. The molecule has 6 nitrogen and oxygen atoms in total. The van der Waals surface area contributed by atoms with E-state index in [2.05, 4.69) is 37.3 Å². The smallest absolute Gasteiger partial charge is 0.142 e. The van der Waals surface area contributed by atoms with E-state index < -0.39 is 0 Å². The van der Waals surface area contributed by atoms with E-state index in [4.69, 9.17) is 31.4 Å². The van der Waals surface area contributed by atoms with Crippen molar-refractivity contribution in [2.75, 3.05) is 17.2 Å². The molecule has 4 aromatic carbocycles. The molecule has 8 aliphatic rings. The lowest BCUT2D eigenvalue weighted by Crippen LogP contribution is -2.50. The van der Waals surface area contributed by atoms with E-state index in [0.29, 0.717) is 0 Å². The molecule has 8 aliphatic carbocycles. The van der Waals surface area contributed by atoms with Crippen molar-refractivity contribution in [3.63, 3.8) is 0 Å². The van der Waals surface area contributed by atoms with Gasteiger partial charge in [0.1, 0.15) is 34.5 Å². The quantitative estimate of drug-likeness (QED) is 0.157. The highest BCUT2D eigenvalue weighted by Crippen LogP contribution is 2.69. The summed E-state index contributed by atoms with van der Waals surface area (Å²) in [6.45, 7) is 6.17. The van der Waals surface area contributed by atoms with Crippen LogP contribution < -0.4 is 31.4 Å². The fourth-order valence-corrected chi connectivity index (χ4v) is 13.2. The van der Waals surface area contributed by atoms with Gasteiger partial charge in [0, 0.05) is 45.1 Å². The standard InChI is InChI=1S/C47H55N3O3/c1-26-10-35(4-7-38(26)48)51-41-19-42(52-36-5-8-39(49)27(2)11-36)44(47-23-32-16-33(24-47)18-34(17-32)25-47)45(53-37-6-9-40(50)28(3)12-37)43(41)46-20-29-13-30(21-46)15-31(14-29)22-46/h4-12,19,29-34H,13-18,20-25,48-50H2,1-3H3. The molecule has 8 fully saturated rings. The molecule has 0 heterocycles. The third-order valence-corrected chi connectivity index (χ3v) is 14.7. The molecule has 0 atom stereocenters. The molecular formula is C47H55N3O3. The van der Waals surface area contributed by atoms with E-state index in [0.717, 1.165) is 104 Å². The van der Waals surface area contributed by atoms with E-state index >= 15 is 0 Å². The molecule has 0 unspecified atom stereocenters. The third-order valence-electron chi connectivity index (χ3n) is 14.7. The molecular weight excluding hydrogens is 655 g/mol. The Labute approximate surface area is 314 Å². The van der Waals surface area contributed by atoms with Gasteiger partial charge >= 0.3 is 0 Å². The maximum absolute atomic E-state index is 7.54. The van der Waals surface area contributed by atoms with Crippen LogP contribution in [-0.4, -0.2) is 0 Å². The van der Waals surface area contributed by atoms with Crippen LogP contribution in [-0.2, 0) is 10.8 Å². The van der Waals surface area contributed by atoms with Gasteiger partial charge < -0.3 is 31.4 Å². The highest BCUT2D eigenvalue weighted by molar-refractivity contribution is 5.67. The first-order valence-corrected chi connectivity index (χ1v) is 20.4. The molecule has 0 aliphatic heterocycles. The largest absolute Gasteiger partial charge is 0.457 e. The number of ether oxygens (including phenoxy) is 3. The van der Waals surface area contributed by atoms with Gasteiger partial charge in [0.2, 0.25) is 0 Å². The molecule has 0 amide bonds. The molecule has 12 rings (SSSR count). The molecule has 8 saturated carbocycles. The minimum absolute atomic E-state index is 0.0293. The summed E-state index contributed by atoms with van der Waals surface area (Å²) in [5, 5.41) is 0. The lowest BCUT2D eigenvalue weighted by atomic mass is 9.46. The Morgan fingerprint density at radius 3 is 1.04 bits per heavy atom. The van der Waals surface area contributed by atoms with Crippen molar-refractivity contribution in [1.82, 2.24) is 0 Å². The van der Waals surface area contributed by atoms with Crippen LogP contribution in [0.25, 0.3) is 0 Å². The maximum Gasteiger partial charge on any atom is 0.142 e. The Kier molecular flexibility index (Phi) is 7.59. The van der Waals surface area contributed by atoms with Crippen LogP contribution in [0, 0.1) is 56.3 Å². The number of nitrogen functional groups attached to an aromatic ring is 3. The summed E-state index contributed by atoms with van der Waals surface area (Å²) in [5.74, 6) is 9.57. The van der Waals surface area contributed by atoms with Crippen LogP contribution in [0.3, 0.4) is 0 Å². The van der Waals surface area contributed by atoms with E-state index in [-0.39, 0.29) is 10.8 Å². The lowest BCUT2D eigenvalue weighted by Gasteiger charge is -2.59. The number of aryl methyl sites for hydroxylation is 3. The first-order valence-electron chi connectivity index (χ1n) is 20.4. The first-order chi connectivity index (χ1) is 25.5. The summed E-state index contributed by atoms with van der Waals surface area (Å²) in [5.41, 5.74) is 26.9. The minimum atomic E-state index is -0.0293. The predicted molar refractivity (Wildman–Crippen MR) is 213 cm³/mol. The average Bonchev–Trinajstić information content (AvgIpc) is 3.08. The summed E-state index contributed by atoms with van der Waals surface area (Å²) < 4.78 is 21.9. The molecule has 0 saturated heterocycles. The van der Waals surface area contributed by atoms with Crippen LogP contribution >= 0.6 is 0 Å². The van der Waals surface area contributed by atoms with Gasteiger partial charge in [0.15, 0.2) is 0 Å². The van der Waals surface area contributed by atoms with Crippen LogP contribution in [0.2, 0.25) is 0 Å². The molecule has 53 heavy (non-hydrogen) atoms. The molecule has 8 bridgehead atoms. The highest BCUT2D eigenvalue weighted by Gasteiger charge is 2.58. The topological polar surface area (TPSA) is 106 Å². The van der Waals surface area contributed by atoms with Crippen LogP contribution in [0.5, 0.6) is 34.5 Å². The predicted octanol–water partition coefficient (Wildman–Crippen LogP) is 11.7. The fourth-order valence-electron chi connectivity index (χ4n) is 13.2. The maximum atomic E-state index is 7.54. The summed E-state index contributed by atoms with van der Waals surface area (Å²) >= 11 is 0. The Hall–Kier alpha value is -4.32. The molecule has 276 valence electrons. The number of benzene rings is 4. The lowest BCUT2D eigenvalue weighted by molar-refractivity contribution is -0.0110. The van der Waals surface area contributed by atoms with E-state index in [1.807, 2.05) is 44.2 Å². The highest BCUT2D eigenvalue weighted by atomic mass is 16.5.